The number of aliphatic imine (C=N–C) groups is 1. The summed E-state index contributed by atoms with van der Waals surface area (Å²) in [6.45, 7) is 4.19. The van der Waals surface area contributed by atoms with Crippen molar-refractivity contribution >= 4 is 29.4 Å². The maximum Gasteiger partial charge on any atom is 0.135 e. The van der Waals surface area contributed by atoms with Crippen molar-refractivity contribution in [1.29, 1.82) is 0 Å². The van der Waals surface area contributed by atoms with Crippen LogP contribution in [0.15, 0.2) is 24.6 Å². The highest BCUT2D eigenvalue weighted by molar-refractivity contribution is 8.14. The minimum atomic E-state index is -0.240. The van der Waals surface area contributed by atoms with Crippen LogP contribution in [-0.4, -0.2) is 12.0 Å². The van der Waals surface area contributed by atoms with Gasteiger partial charge in [0.2, 0.25) is 0 Å². The second-order valence-electron chi connectivity index (χ2n) is 2.97. The van der Waals surface area contributed by atoms with E-state index in [4.69, 9.17) is 11.5 Å². The molecule has 0 aromatic rings. The molecule has 2 rings (SSSR count). The summed E-state index contributed by atoms with van der Waals surface area (Å²) in [6.07, 6.45) is -0.240. The van der Waals surface area contributed by atoms with E-state index < -0.39 is 0 Å². The lowest BCUT2D eigenvalue weighted by Gasteiger charge is -2.17. The van der Waals surface area contributed by atoms with Crippen molar-refractivity contribution in [2.45, 2.75) is 20.0 Å². The molecule has 3 nitrogen and oxygen atoms in total. The molecule has 70 valence electrons. The van der Waals surface area contributed by atoms with Crippen LogP contribution >= 0.6 is 23.5 Å². The van der Waals surface area contributed by atoms with Gasteiger partial charge >= 0.3 is 0 Å². The molecule has 0 saturated carbocycles. The maximum absolute atomic E-state index is 5.81. The lowest BCUT2D eigenvalue weighted by molar-refractivity contribution is 0.880. The number of allylic oxidation sites excluding steroid dienone is 2. The van der Waals surface area contributed by atoms with Gasteiger partial charge in [0.1, 0.15) is 12.0 Å². The SMILES string of the molecule is CC1=C(C)SC2=C(S1)C(N)=NC2N. The summed E-state index contributed by atoms with van der Waals surface area (Å²) in [5, 5.41) is 0. The van der Waals surface area contributed by atoms with Crippen LogP contribution in [-0.2, 0) is 0 Å². The van der Waals surface area contributed by atoms with Crippen molar-refractivity contribution in [1.82, 2.24) is 0 Å². The zero-order chi connectivity index (χ0) is 9.59. The molecule has 0 aromatic heterocycles. The molecular weight excluding hydrogens is 202 g/mol. The first-order valence-corrected chi connectivity index (χ1v) is 5.59. The fourth-order valence-corrected chi connectivity index (χ4v) is 3.37. The third-order valence-electron chi connectivity index (χ3n) is 2.02. The molecule has 2 aliphatic rings. The van der Waals surface area contributed by atoms with Gasteiger partial charge in [0, 0.05) is 4.91 Å². The van der Waals surface area contributed by atoms with Gasteiger partial charge in [0.05, 0.1) is 4.91 Å². The highest BCUT2D eigenvalue weighted by atomic mass is 32.2. The second kappa shape index (κ2) is 3.08. The molecule has 0 bridgehead atoms. The van der Waals surface area contributed by atoms with Crippen LogP contribution < -0.4 is 11.5 Å². The minimum Gasteiger partial charge on any atom is -0.383 e. The summed E-state index contributed by atoms with van der Waals surface area (Å²) in [4.78, 5) is 8.87. The topological polar surface area (TPSA) is 64.4 Å². The van der Waals surface area contributed by atoms with Crippen LogP contribution in [0, 0.1) is 0 Å². The van der Waals surface area contributed by atoms with E-state index >= 15 is 0 Å². The Morgan fingerprint density at radius 1 is 1.23 bits per heavy atom. The molecular formula is C8H11N3S2. The van der Waals surface area contributed by atoms with E-state index in [9.17, 15) is 0 Å². The molecule has 0 aliphatic carbocycles. The van der Waals surface area contributed by atoms with Crippen molar-refractivity contribution in [3.8, 4) is 0 Å². The largest absolute Gasteiger partial charge is 0.383 e. The van der Waals surface area contributed by atoms with E-state index in [1.165, 1.54) is 9.81 Å². The average molecular weight is 213 g/mol. The van der Waals surface area contributed by atoms with Crippen LogP contribution in [0.25, 0.3) is 0 Å². The lowest BCUT2D eigenvalue weighted by Crippen LogP contribution is -2.16. The molecule has 1 unspecified atom stereocenters. The first-order chi connectivity index (χ1) is 6.09. The number of rotatable bonds is 0. The first-order valence-electron chi connectivity index (χ1n) is 3.96. The van der Waals surface area contributed by atoms with Crippen molar-refractivity contribution in [3.05, 3.63) is 19.6 Å². The number of hydrogen-bond donors (Lipinski definition) is 2. The molecule has 0 saturated heterocycles. The maximum atomic E-state index is 5.81. The predicted octanol–water partition coefficient (Wildman–Crippen LogP) is 1.58. The quantitative estimate of drug-likeness (QED) is 0.641. The fourth-order valence-electron chi connectivity index (χ4n) is 1.20. The molecule has 2 aliphatic heterocycles. The van der Waals surface area contributed by atoms with Crippen LogP contribution in [0.3, 0.4) is 0 Å². The third-order valence-corrected chi connectivity index (χ3v) is 4.80. The Morgan fingerprint density at radius 2 is 1.85 bits per heavy atom. The standard InChI is InChI=1S/C8H11N3S2/c1-3-4(2)13-6-5(12-3)7(9)11-8(6)10/h7H,9H2,1-2H3,(H2,10,11). The molecule has 13 heavy (non-hydrogen) atoms. The molecule has 0 spiro atoms. The van der Waals surface area contributed by atoms with E-state index in [2.05, 4.69) is 18.8 Å². The molecule has 0 fully saturated rings. The second-order valence-corrected chi connectivity index (χ2v) is 5.45. The van der Waals surface area contributed by atoms with Gasteiger partial charge in [0.15, 0.2) is 0 Å². The predicted molar refractivity (Wildman–Crippen MR) is 60.2 cm³/mol. The summed E-state index contributed by atoms with van der Waals surface area (Å²) in [7, 11) is 0. The van der Waals surface area contributed by atoms with E-state index in [1.807, 2.05) is 0 Å². The van der Waals surface area contributed by atoms with Gasteiger partial charge in [-0.3, -0.25) is 0 Å². The molecule has 0 radical (unpaired) electrons. The zero-order valence-electron chi connectivity index (χ0n) is 7.50. The van der Waals surface area contributed by atoms with Crippen molar-refractivity contribution in [2.75, 3.05) is 0 Å². The number of hydrogen-bond acceptors (Lipinski definition) is 5. The van der Waals surface area contributed by atoms with E-state index in [0.29, 0.717) is 5.84 Å². The Bertz CT molecular complexity index is 354. The third kappa shape index (κ3) is 1.41. The van der Waals surface area contributed by atoms with Crippen molar-refractivity contribution in [2.24, 2.45) is 16.5 Å². The van der Waals surface area contributed by atoms with Crippen LogP contribution in [0.2, 0.25) is 0 Å². The average Bonchev–Trinajstić information content (AvgIpc) is 2.31. The summed E-state index contributed by atoms with van der Waals surface area (Å²) in [6, 6.07) is 0. The van der Waals surface area contributed by atoms with Gasteiger partial charge in [-0.1, -0.05) is 23.5 Å². The number of thioether (sulfide) groups is 2. The lowest BCUT2D eigenvalue weighted by atomic mass is 10.5. The summed E-state index contributed by atoms with van der Waals surface area (Å²) < 4.78 is 0. The molecule has 0 aromatic carbocycles. The van der Waals surface area contributed by atoms with E-state index in [0.717, 1.165) is 9.81 Å². The first kappa shape index (κ1) is 9.18. The molecule has 2 heterocycles. The fraction of sp³-hybridized carbons (Fsp3) is 0.375. The summed E-state index contributed by atoms with van der Waals surface area (Å²) in [5.74, 6) is 0.590. The van der Waals surface area contributed by atoms with Gasteiger partial charge in [-0.2, -0.15) is 0 Å². The number of nitrogens with zero attached hydrogens (tertiary/aromatic N) is 1. The van der Waals surface area contributed by atoms with Crippen LogP contribution in [0.1, 0.15) is 13.8 Å². The summed E-state index contributed by atoms with van der Waals surface area (Å²) >= 11 is 3.38. The Balaban J connectivity index is 2.35. The van der Waals surface area contributed by atoms with Gasteiger partial charge < -0.3 is 11.5 Å². The Morgan fingerprint density at radius 3 is 2.54 bits per heavy atom. The van der Waals surface area contributed by atoms with Crippen LogP contribution in [0.4, 0.5) is 0 Å². The molecule has 1 atom stereocenters. The Labute approximate surface area is 85.7 Å². The molecule has 0 amide bonds. The molecule has 5 heteroatoms. The monoisotopic (exact) mass is 213 g/mol. The zero-order valence-corrected chi connectivity index (χ0v) is 9.13. The van der Waals surface area contributed by atoms with E-state index in [-0.39, 0.29) is 6.17 Å². The number of nitrogens with two attached hydrogens (primary N) is 2. The smallest absolute Gasteiger partial charge is 0.135 e. The molecule has 4 N–H and O–H groups in total. The van der Waals surface area contributed by atoms with E-state index in [1.54, 1.807) is 23.5 Å². The Kier molecular flexibility index (Phi) is 2.17. The van der Waals surface area contributed by atoms with Gasteiger partial charge in [0.25, 0.3) is 0 Å². The number of amidine groups is 1. The highest BCUT2D eigenvalue weighted by Crippen LogP contribution is 2.47. The summed E-state index contributed by atoms with van der Waals surface area (Å²) in [5.41, 5.74) is 11.5. The van der Waals surface area contributed by atoms with Crippen LogP contribution in [0.5, 0.6) is 0 Å². The van der Waals surface area contributed by atoms with Gasteiger partial charge in [-0.15, -0.1) is 0 Å². The minimum absolute atomic E-state index is 0.240. The van der Waals surface area contributed by atoms with Crippen molar-refractivity contribution < 1.29 is 0 Å². The highest BCUT2D eigenvalue weighted by Gasteiger charge is 2.29. The normalized spacial score (nSPS) is 27.9. The van der Waals surface area contributed by atoms with Gasteiger partial charge in [-0.05, 0) is 23.7 Å². The van der Waals surface area contributed by atoms with Gasteiger partial charge in [-0.25, -0.2) is 4.99 Å². The van der Waals surface area contributed by atoms with Crippen molar-refractivity contribution in [3.63, 3.8) is 0 Å². The Hall–Kier alpha value is -0.390.